The van der Waals surface area contributed by atoms with Crippen molar-refractivity contribution in [3.8, 4) is 11.8 Å². The number of rotatable bonds is 4. The van der Waals surface area contributed by atoms with E-state index < -0.39 is 0 Å². The van der Waals surface area contributed by atoms with Crippen LogP contribution in [0.3, 0.4) is 0 Å². The number of methoxy groups -OCH3 is 1. The molecule has 7 heteroatoms. The summed E-state index contributed by atoms with van der Waals surface area (Å²) in [6, 6.07) is 13.9. The van der Waals surface area contributed by atoms with E-state index in [0.717, 1.165) is 0 Å². The summed E-state index contributed by atoms with van der Waals surface area (Å²) < 4.78 is 19.2. The van der Waals surface area contributed by atoms with Crippen molar-refractivity contribution in [1.82, 2.24) is 4.98 Å². The van der Waals surface area contributed by atoms with Crippen molar-refractivity contribution in [1.29, 1.82) is 5.26 Å². The summed E-state index contributed by atoms with van der Waals surface area (Å²) in [5.41, 5.74) is 2.38. The Morgan fingerprint density at radius 2 is 2.03 bits per heavy atom. The zero-order chi connectivity index (χ0) is 21.1. The second kappa shape index (κ2) is 8.37. The number of fused-ring (bicyclic) bond motifs is 1. The maximum atomic E-state index is 13.9. The summed E-state index contributed by atoms with van der Waals surface area (Å²) in [5, 5.41) is 13.1. The Labute approximate surface area is 173 Å². The molecule has 0 unspecified atom stereocenters. The number of carbonyl (C=O) groups is 1. The van der Waals surface area contributed by atoms with Gasteiger partial charge in [0.1, 0.15) is 17.6 Å². The van der Waals surface area contributed by atoms with Gasteiger partial charge in [-0.15, -0.1) is 0 Å². The molecule has 1 N–H and O–H groups in total. The summed E-state index contributed by atoms with van der Waals surface area (Å²) in [7, 11) is 1.57. The van der Waals surface area contributed by atoms with E-state index in [4.69, 9.17) is 4.74 Å². The summed E-state index contributed by atoms with van der Waals surface area (Å²) in [4.78, 5) is 19.1. The second-order valence-electron chi connectivity index (χ2n) is 7.24. The lowest BCUT2D eigenvalue weighted by Gasteiger charge is -2.34. The molecule has 0 aliphatic carbocycles. The number of hydrogen-bond acceptors (Lipinski definition) is 5. The molecule has 30 heavy (non-hydrogen) atoms. The van der Waals surface area contributed by atoms with Crippen LogP contribution in [-0.4, -0.2) is 31.1 Å². The Kier molecular flexibility index (Phi) is 5.48. The minimum absolute atomic E-state index is 0.0507. The van der Waals surface area contributed by atoms with Gasteiger partial charge in [0.15, 0.2) is 0 Å². The third-order valence-corrected chi connectivity index (χ3v) is 5.47. The van der Waals surface area contributed by atoms with Gasteiger partial charge < -0.3 is 15.0 Å². The van der Waals surface area contributed by atoms with Gasteiger partial charge in [-0.2, -0.15) is 5.26 Å². The maximum absolute atomic E-state index is 13.9. The number of nitriles is 1. The minimum atomic E-state index is -0.369. The van der Waals surface area contributed by atoms with E-state index in [2.05, 4.69) is 21.3 Å². The topological polar surface area (TPSA) is 78.2 Å². The molecule has 1 aliphatic heterocycles. The summed E-state index contributed by atoms with van der Waals surface area (Å²) in [6.45, 7) is 1.18. The number of aromatic nitrogens is 1. The molecule has 2 aromatic carbocycles. The molecule has 3 aromatic rings. The molecule has 1 saturated heterocycles. The molecular formula is C23H21FN4O2. The lowest BCUT2D eigenvalue weighted by Crippen LogP contribution is -2.38. The largest absolute Gasteiger partial charge is 0.495 e. The van der Waals surface area contributed by atoms with Crippen molar-refractivity contribution in [2.45, 2.75) is 12.8 Å². The molecule has 2 heterocycles. The van der Waals surface area contributed by atoms with Crippen molar-refractivity contribution in [2.75, 3.05) is 30.4 Å². The van der Waals surface area contributed by atoms with Crippen molar-refractivity contribution in [3.63, 3.8) is 0 Å². The average molecular weight is 404 g/mol. The number of hydrogen-bond donors (Lipinski definition) is 1. The number of nitrogens with zero attached hydrogens (tertiary/aromatic N) is 3. The first-order chi connectivity index (χ1) is 14.6. The van der Waals surface area contributed by atoms with Crippen molar-refractivity contribution < 1.29 is 13.9 Å². The van der Waals surface area contributed by atoms with E-state index >= 15 is 0 Å². The average Bonchev–Trinajstić information content (AvgIpc) is 2.78. The highest BCUT2D eigenvalue weighted by Crippen LogP contribution is 2.33. The molecule has 152 valence electrons. The molecule has 0 spiro atoms. The first-order valence-electron chi connectivity index (χ1n) is 9.78. The Balaban J connectivity index is 1.52. The van der Waals surface area contributed by atoms with E-state index in [0.29, 0.717) is 59.5 Å². The maximum Gasteiger partial charge on any atom is 0.227 e. The third-order valence-electron chi connectivity index (χ3n) is 5.47. The Morgan fingerprint density at radius 1 is 1.27 bits per heavy atom. The monoisotopic (exact) mass is 404 g/mol. The van der Waals surface area contributed by atoms with Gasteiger partial charge in [0, 0.05) is 30.6 Å². The fourth-order valence-electron chi connectivity index (χ4n) is 3.92. The van der Waals surface area contributed by atoms with Gasteiger partial charge in [0.2, 0.25) is 5.91 Å². The van der Waals surface area contributed by atoms with Gasteiger partial charge in [-0.1, -0.05) is 12.1 Å². The highest BCUT2D eigenvalue weighted by atomic mass is 19.1. The van der Waals surface area contributed by atoms with Gasteiger partial charge in [-0.05, 0) is 43.2 Å². The molecule has 0 bridgehead atoms. The zero-order valence-electron chi connectivity index (χ0n) is 16.6. The van der Waals surface area contributed by atoms with E-state index in [1.165, 1.54) is 18.3 Å². The van der Waals surface area contributed by atoms with Gasteiger partial charge in [0.05, 0.1) is 29.6 Å². The van der Waals surface area contributed by atoms with Crippen LogP contribution in [-0.2, 0) is 4.79 Å². The second-order valence-corrected chi connectivity index (χ2v) is 7.24. The Bertz CT molecular complexity index is 1130. The fourth-order valence-corrected chi connectivity index (χ4v) is 3.92. The number of piperidine rings is 1. The van der Waals surface area contributed by atoms with Crippen LogP contribution in [0.1, 0.15) is 18.4 Å². The van der Waals surface area contributed by atoms with Gasteiger partial charge in [-0.3, -0.25) is 9.78 Å². The third kappa shape index (κ3) is 3.77. The Morgan fingerprint density at radius 3 is 2.77 bits per heavy atom. The molecule has 1 amide bonds. The van der Waals surface area contributed by atoms with Crippen LogP contribution >= 0.6 is 0 Å². The molecule has 1 fully saturated rings. The normalized spacial score (nSPS) is 14.4. The number of benzene rings is 2. The molecule has 1 aliphatic rings. The first-order valence-corrected chi connectivity index (χ1v) is 9.78. The lowest BCUT2D eigenvalue weighted by molar-refractivity contribution is -0.120. The molecule has 0 radical (unpaired) electrons. The summed E-state index contributed by atoms with van der Waals surface area (Å²) in [5.74, 6) is 0.0470. The molecular weight excluding hydrogens is 383 g/mol. The number of halogens is 1. The molecule has 0 atom stereocenters. The molecule has 1 aromatic heterocycles. The van der Waals surface area contributed by atoms with Gasteiger partial charge >= 0.3 is 0 Å². The van der Waals surface area contributed by atoms with Gasteiger partial charge in [0.25, 0.3) is 0 Å². The number of amides is 1. The predicted octanol–water partition coefficient (Wildman–Crippen LogP) is 4.11. The number of para-hydroxylation sites is 2. The van der Waals surface area contributed by atoms with E-state index in [-0.39, 0.29) is 17.6 Å². The highest BCUT2D eigenvalue weighted by Gasteiger charge is 2.28. The van der Waals surface area contributed by atoms with Crippen LogP contribution in [0.25, 0.3) is 10.9 Å². The van der Waals surface area contributed by atoms with Gasteiger partial charge in [-0.25, -0.2) is 4.39 Å². The predicted molar refractivity (Wildman–Crippen MR) is 113 cm³/mol. The highest BCUT2D eigenvalue weighted by molar-refractivity contribution is 5.96. The van der Waals surface area contributed by atoms with E-state index in [9.17, 15) is 14.4 Å². The van der Waals surface area contributed by atoms with Crippen molar-refractivity contribution >= 4 is 28.2 Å². The van der Waals surface area contributed by atoms with Crippen LogP contribution in [0.5, 0.6) is 5.75 Å². The van der Waals surface area contributed by atoms with Crippen LogP contribution in [0, 0.1) is 23.1 Å². The van der Waals surface area contributed by atoms with Crippen molar-refractivity contribution in [3.05, 3.63) is 60.0 Å². The van der Waals surface area contributed by atoms with Crippen LogP contribution in [0.4, 0.5) is 15.8 Å². The van der Waals surface area contributed by atoms with E-state index in [1.54, 1.807) is 19.2 Å². The minimum Gasteiger partial charge on any atom is -0.495 e. The first kappa shape index (κ1) is 19.6. The smallest absolute Gasteiger partial charge is 0.227 e. The number of carbonyl (C=O) groups excluding carboxylic acids is 1. The fraction of sp³-hybridized carbons (Fsp3) is 0.261. The van der Waals surface area contributed by atoms with Crippen LogP contribution < -0.4 is 15.0 Å². The Hall–Kier alpha value is -3.66. The zero-order valence-corrected chi connectivity index (χ0v) is 16.6. The number of ether oxygens (including phenoxy) is 1. The SMILES string of the molecule is COc1ccccc1NC(=O)C1CCN(c2c(C#N)cnc3ccc(F)cc23)CC1. The van der Waals surface area contributed by atoms with Crippen LogP contribution in [0.2, 0.25) is 0 Å². The molecule has 6 nitrogen and oxygen atoms in total. The summed E-state index contributed by atoms with van der Waals surface area (Å²) >= 11 is 0. The van der Waals surface area contributed by atoms with Crippen molar-refractivity contribution in [2.24, 2.45) is 5.92 Å². The number of pyridine rings is 1. The lowest BCUT2D eigenvalue weighted by atomic mass is 9.94. The van der Waals surface area contributed by atoms with E-state index in [1.807, 2.05) is 18.2 Å². The molecule has 0 saturated carbocycles. The quantitative estimate of drug-likeness (QED) is 0.708. The number of anilines is 2. The molecule has 4 rings (SSSR count). The number of nitrogens with one attached hydrogen (secondary N) is 1. The summed E-state index contributed by atoms with van der Waals surface area (Å²) in [6.07, 6.45) is 2.78. The standard InChI is InChI=1S/C23H21FN4O2/c1-30-21-5-3-2-4-20(21)27-23(29)15-8-10-28(11-9-15)22-16(13-25)14-26-19-7-6-17(24)12-18(19)22/h2-7,12,14-15H,8-11H2,1H3,(H,27,29). The van der Waals surface area contributed by atoms with Crippen LogP contribution in [0.15, 0.2) is 48.7 Å².